The molecule has 3 rings (SSSR count). The molecule has 1 aliphatic rings. The minimum atomic E-state index is -3.50. The smallest absolute Gasteiger partial charge is 0.240 e. The number of rotatable bonds is 5. The third-order valence-corrected chi connectivity index (χ3v) is 5.95. The maximum Gasteiger partial charge on any atom is 0.240 e. The first kappa shape index (κ1) is 16.2. The Morgan fingerprint density at radius 1 is 1.17 bits per heavy atom. The summed E-state index contributed by atoms with van der Waals surface area (Å²) in [5, 5.41) is 0. The maximum atomic E-state index is 12.4. The average molecular weight is 333 g/mol. The van der Waals surface area contributed by atoms with Crippen LogP contribution < -0.4 is 4.72 Å². The fraction of sp³-hybridized carbons (Fsp3) is 0.471. The van der Waals surface area contributed by atoms with Crippen molar-refractivity contribution >= 4 is 10.0 Å². The molecule has 6 heteroatoms. The highest BCUT2D eigenvalue weighted by Crippen LogP contribution is 2.21. The van der Waals surface area contributed by atoms with Gasteiger partial charge in [0.25, 0.3) is 0 Å². The van der Waals surface area contributed by atoms with E-state index in [2.05, 4.69) is 9.71 Å². The first-order chi connectivity index (χ1) is 11.0. The number of hydrogen-bond acceptors (Lipinski definition) is 3. The molecule has 0 saturated heterocycles. The Bertz CT molecular complexity index is 792. The summed E-state index contributed by atoms with van der Waals surface area (Å²) in [4.78, 5) is 4.91. The topological polar surface area (TPSA) is 64.0 Å². The van der Waals surface area contributed by atoms with E-state index >= 15 is 0 Å². The summed E-state index contributed by atoms with van der Waals surface area (Å²) >= 11 is 0. The Kier molecular flexibility index (Phi) is 4.55. The van der Waals surface area contributed by atoms with Gasteiger partial charge in [-0.25, -0.2) is 18.1 Å². The molecule has 23 heavy (non-hydrogen) atoms. The van der Waals surface area contributed by atoms with Gasteiger partial charge in [-0.15, -0.1) is 0 Å². The van der Waals surface area contributed by atoms with Crippen LogP contribution in [-0.2, 0) is 42.9 Å². The summed E-state index contributed by atoms with van der Waals surface area (Å²) in [7, 11) is -1.54. The molecule has 1 aliphatic carbocycles. The van der Waals surface area contributed by atoms with Crippen LogP contribution in [0.15, 0.2) is 29.2 Å². The van der Waals surface area contributed by atoms with Crippen LogP contribution >= 0.6 is 0 Å². The third-order valence-electron chi connectivity index (χ3n) is 4.53. The lowest BCUT2D eigenvalue weighted by Gasteiger charge is -2.11. The molecule has 0 aliphatic heterocycles. The summed E-state index contributed by atoms with van der Waals surface area (Å²) in [6.45, 7) is 2.27. The molecular weight excluding hydrogens is 310 g/mol. The second-order valence-electron chi connectivity index (χ2n) is 6.01. The van der Waals surface area contributed by atoms with Crippen molar-refractivity contribution in [2.75, 3.05) is 0 Å². The number of imidazole rings is 1. The van der Waals surface area contributed by atoms with Crippen LogP contribution in [-0.4, -0.2) is 18.0 Å². The Hall–Kier alpha value is -1.66. The molecule has 0 unspecified atom stereocenters. The predicted molar refractivity (Wildman–Crippen MR) is 89.7 cm³/mol. The summed E-state index contributed by atoms with van der Waals surface area (Å²) < 4.78 is 29.5. The van der Waals surface area contributed by atoms with Gasteiger partial charge < -0.3 is 4.57 Å². The zero-order valence-electron chi connectivity index (χ0n) is 13.7. The van der Waals surface area contributed by atoms with Crippen molar-refractivity contribution in [3.8, 4) is 0 Å². The van der Waals surface area contributed by atoms with E-state index in [1.807, 2.05) is 30.7 Å². The highest BCUT2D eigenvalue weighted by molar-refractivity contribution is 7.89. The van der Waals surface area contributed by atoms with Crippen LogP contribution in [0.5, 0.6) is 0 Å². The Balaban J connectivity index is 1.75. The number of fused-ring (bicyclic) bond motifs is 1. The van der Waals surface area contributed by atoms with Gasteiger partial charge in [-0.3, -0.25) is 0 Å². The van der Waals surface area contributed by atoms with Crippen LogP contribution in [0.25, 0.3) is 0 Å². The Morgan fingerprint density at radius 3 is 2.52 bits per heavy atom. The van der Waals surface area contributed by atoms with Gasteiger partial charge in [0, 0.05) is 12.7 Å². The molecule has 1 heterocycles. The van der Waals surface area contributed by atoms with E-state index in [0.717, 1.165) is 36.3 Å². The molecule has 0 bridgehead atoms. The fourth-order valence-corrected chi connectivity index (χ4v) is 4.03. The summed E-state index contributed by atoms with van der Waals surface area (Å²) in [6.07, 6.45) is 5.27. The maximum absolute atomic E-state index is 12.4. The summed E-state index contributed by atoms with van der Waals surface area (Å²) in [6, 6.07) is 7.03. The number of nitrogens with one attached hydrogen (secondary N) is 1. The highest BCUT2D eigenvalue weighted by Gasteiger charge is 2.20. The van der Waals surface area contributed by atoms with E-state index in [1.54, 1.807) is 12.1 Å². The summed E-state index contributed by atoms with van der Waals surface area (Å²) in [5.41, 5.74) is 3.50. The van der Waals surface area contributed by atoms with Gasteiger partial charge in [0.2, 0.25) is 10.0 Å². The number of aromatic nitrogens is 2. The first-order valence-electron chi connectivity index (χ1n) is 8.13. The molecule has 0 saturated carbocycles. The highest BCUT2D eigenvalue weighted by atomic mass is 32.2. The minimum Gasteiger partial charge on any atom is -0.334 e. The molecule has 0 fully saturated rings. The van der Waals surface area contributed by atoms with Crippen LogP contribution in [0.1, 0.15) is 42.5 Å². The van der Waals surface area contributed by atoms with E-state index in [4.69, 9.17) is 0 Å². The molecule has 1 aromatic heterocycles. The van der Waals surface area contributed by atoms with Crippen molar-refractivity contribution in [3.63, 3.8) is 0 Å². The van der Waals surface area contributed by atoms with Crippen molar-refractivity contribution in [1.29, 1.82) is 0 Å². The third kappa shape index (κ3) is 3.33. The molecule has 1 aromatic carbocycles. The quantitative estimate of drug-likeness (QED) is 0.913. The lowest BCUT2D eigenvalue weighted by molar-refractivity contribution is 0.576. The zero-order chi connectivity index (χ0) is 16.4. The van der Waals surface area contributed by atoms with Gasteiger partial charge in [-0.1, -0.05) is 19.1 Å². The van der Waals surface area contributed by atoms with E-state index < -0.39 is 10.0 Å². The standard InChI is InChI=1S/C17H23N3O2S/c1-3-13-8-10-14(11-9-13)23(21,22)18-12-17-19-15-6-4-5-7-16(15)20(17)2/h8-11,18H,3-7,12H2,1-2H3. The molecular formula is C17H23N3O2S. The molecule has 1 N–H and O–H groups in total. The predicted octanol–water partition coefficient (Wildman–Crippen LogP) is 2.34. The van der Waals surface area contributed by atoms with Gasteiger partial charge in [0.1, 0.15) is 5.82 Å². The van der Waals surface area contributed by atoms with Crippen molar-refractivity contribution < 1.29 is 8.42 Å². The molecule has 0 atom stereocenters. The lowest BCUT2D eigenvalue weighted by atomic mass is 10.0. The monoisotopic (exact) mass is 333 g/mol. The number of nitrogens with zero attached hydrogens (tertiary/aromatic N) is 2. The largest absolute Gasteiger partial charge is 0.334 e. The van der Waals surface area contributed by atoms with Gasteiger partial charge in [0.15, 0.2) is 0 Å². The fourth-order valence-electron chi connectivity index (χ4n) is 3.05. The molecule has 0 amide bonds. The molecule has 0 radical (unpaired) electrons. The van der Waals surface area contributed by atoms with Crippen LogP contribution in [0.2, 0.25) is 0 Å². The van der Waals surface area contributed by atoms with Gasteiger partial charge in [0.05, 0.1) is 17.1 Å². The molecule has 0 spiro atoms. The minimum absolute atomic E-state index is 0.224. The SMILES string of the molecule is CCc1ccc(S(=O)(=O)NCc2nc3c(n2C)CCCC3)cc1. The number of hydrogen-bond donors (Lipinski definition) is 1. The molecule has 5 nitrogen and oxygen atoms in total. The number of aryl methyl sites for hydroxylation is 2. The zero-order valence-corrected chi connectivity index (χ0v) is 14.5. The Labute approximate surface area is 137 Å². The summed E-state index contributed by atoms with van der Waals surface area (Å²) in [5.74, 6) is 0.783. The van der Waals surface area contributed by atoms with E-state index in [1.165, 1.54) is 18.5 Å². The first-order valence-corrected chi connectivity index (χ1v) is 9.61. The van der Waals surface area contributed by atoms with Crippen LogP contribution in [0, 0.1) is 0 Å². The van der Waals surface area contributed by atoms with Crippen molar-refractivity contribution in [1.82, 2.24) is 14.3 Å². The van der Waals surface area contributed by atoms with Gasteiger partial charge >= 0.3 is 0 Å². The molecule has 124 valence electrons. The van der Waals surface area contributed by atoms with Gasteiger partial charge in [-0.2, -0.15) is 0 Å². The van der Waals surface area contributed by atoms with Crippen LogP contribution in [0.4, 0.5) is 0 Å². The van der Waals surface area contributed by atoms with Gasteiger partial charge in [-0.05, 0) is 49.8 Å². The lowest BCUT2D eigenvalue weighted by Crippen LogP contribution is -2.25. The Morgan fingerprint density at radius 2 is 1.87 bits per heavy atom. The number of sulfonamides is 1. The number of benzene rings is 1. The second-order valence-corrected chi connectivity index (χ2v) is 7.78. The van der Waals surface area contributed by atoms with E-state index in [0.29, 0.717) is 4.90 Å². The normalized spacial score (nSPS) is 14.7. The van der Waals surface area contributed by atoms with Crippen LogP contribution in [0.3, 0.4) is 0 Å². The second kappa shape index (κ2) is 6.45. The average Bonchev–Trinajstić information content (AvgIpc) is 2.90. The van der Waals surface area contributed by atoms with Crippen molar-refractivity contribution in [3.05, 3.63) is 47.0 Å². The van der Waals surface area contributed by atoms with E-state index in [-0.39, 0.29) is 6.54 Å². The molecule has 2 aromatic rings. The van der Waals surface area contributed by atoms with Crippen molar-refractivity contribution in [2.45, 2.75) is 50.5 Å². The van der Waals surface area contributed by atoms with Crippen molar-refractivity contribution in [2.24, 2.45) is 7.05 Å². The van der Waals surface area contributed by atoms with E-state index in [9.17, 15) is 8.42 Å².